The molecule has 0 atom stereocenters. The molecule has 6 nitrogen and oxygen atoms in total. The number of hydrogen-bond acceptors (Lipinski definition) is 6. The molecule has 1 N–H and O–H groups in total. The molecule has 0 saturated heterocycles. The van der Waals surface area contributed by atoms with E-state index in [0.717, 1.165) is 49.7 Å². The van der Waals surface area contributed by atoms with Crippen LogP contribution in [-0.2, 0) is 16.1 Å². The lowest BCUT2D eigenvalue weighted by molar-refractivity contribution is -0.137. The number of carbonyl (C=O) groups excluding carboxylic acids is 1. The molecular formula is C22H28N2O4. The number of nitrogens with zero attached hydrogens (tertiary/aromatic N) is 2. The van der Waals surface area contributed by atoms with Gasteiger partial charge in [0.1, 0.15) is 0 Å². The summed E-state index contributed by atoms with van der Waals surface area (Å²) in [4.78, 5) is 19.6. The summed E-state index contributed by atoms with van der Waals surface area (Å²) in [6.45, 7) is 4.50. The molecule has 0 bridgehead atoms. The molecule has 0 aliphatic heterocycles. The van der Waals surface area contributed by atoms with Gasteiger partial charge in [0.25, 0.3) is 0 Å². The standard InChI is InChI=1S/C22H28N2O4/c1-2-21(26)28-14-8-6-4-3-5-7-13-27-20-15-23-22(24-16-20)19-11-9-18(17-25)10-12-19/h2,9-12,15-16,25H,1,3-8,13-14,17H2. The molecule has 0 spiro atoms. The van der Waals surface area contributed by atoms with Crippen LogP contribution in [0.3, 0.4) is 0 Å². The second-order valence-corrected chi connectivity index (χ2v) is 6.44. The summed E-state index contributed by atoms with van der Waals surface area (Å²) in [7, 11) is 0. The minimum Gasteiger partial charge on any atom is -0.490 e. The van der Waals surface area contributed by atoms with Crippen LogP contribution in [0.15, 0.2) is 49.3 Å². The van der Waals surface area contributed by atoms with Crippen LogP contribution in [0.2, 0.25) is 0 Å². The van der Waals surface area contributed by atoms with Crippen molar-refractivity contribution in [2.45, 2.75) is 45.1 Å². The average molecular weight is 384 g/mol. The first-order valence-corrected chi connectivity index (χ1v) is 9.67. The van der Waals surface area contributed by atoms with Crippen molar-refractivity contribution >= 4 is 5.97 Å². The van der Waals surface area contributed by atoms with Crippen molar-refractivity contribution in [2.24, 2.45) is 0 Å². The SMILES string of the molecule is C=CC(=O)OCCCCCCCCOc1cnc(-c2ccc(CO)cc2)nc1. The van der Waals surface area contributed by atoms with Gasteiger partial charge in [-0.3, -0.25) is 0 Å². The Labute approximate surface area is 166 Å². The van der Waals surface area contributed by atoms with Gasteiger partial charge >= 0.3 is 5.97 Å². The third kappa shape index (κ3) is 7.88. The normalized spacial score (nSPS) is 10.5. The minimum absolute atomic E-state index is 0.0269. The first-order valence-electron chi connectivity index (χ1n) is 9.67. The van der Waals surface area contributed by atoms with Crippen molar-refractivity contribution in [1.82, 2.24) is 9.97 Å². The van der Waals surface area contributed by atoms with Gasteiger partial charge < -0.3 is 14.6 Å². The number of esters is 1. The Morgan fingerprint density at radius 2 is 1.57 bits per heavy atom. The lowest BCUT2D eigenvalue weighted by Gasteiger charge is -2.07. The molecule has 1 aromatic carbocycles. The van der Waals surface area contributed by atoms with E-state index in [2.05, 4.69) is 16.5 Å². The van der Waals surface area contributed by atoms with Gasteiger partial charge in [-0.2, -0.15) is 0 Å². The Kier molecular flexibility index (Phi) is 9.72. The van der Waals surface area contributed by atoms with E-state index in [1.165, 1.54) is 6.08 Å². The van der Waals surface area contributed by atoms with Gasteiger partial charge in [0, 0.05) is 11.6 Å². The van der Waals surface area contributed by atoms with Crippen LogP contribution in [0, 0.1) is 0 Å². The summed E-state index contributed by atoms with van der Waals surface area (Å²) in [6, 6.07) is 7.50. The van der Waals surface area contributed by atoms with E-state index in [0.29, 0.717) is 24.8 Å². The van der Waals surface area contributed by atoms with Crippen LogP contribution in [0.25, 0.3) is 11.4 Å². The lowest BCUT2D eigenvalue weighted by Crippen LogP contribution is -2.01. The maximum atomic E-state index is 10.9. The summed E-state index contributed by atoms with van der Waals surface area (Å²) >= 11 is 0. The number of hydrogen-bond donors (Lipinski definition) is 1. The second kappa shape index (κ2) is 12.6. The molecule has 0 radical (unpaired) electrons. The number of rotatable bonds is 13. The topological polar surface area (TPSA) is 81.5 Å². The van der Waals surface area contributed by atoms with Gasteiger partial charge in [-0.15, -0.1) is 0 Å². The van der Waals surface area contributed by atoms with Crippen LogP contribution in [0.1, 0.15) is 44.1 Å². The highest BCUT2D eigenvalue weighted by Gasteiger charge is 2.03. The van der Waals surface area contributed by atoms with Gasteiger partial charge in [0.15, 0.2) is 11.6 Å². The van der Waals surface area contributed by atoms with E-state index in [1.807, 2.05) is 24.3 Å². The Morgan fingerprint density at radius 1 is 0.964 bits per heavy atom. The Hall–Kier alpha value is -2.73. The van der Waals surface area contributed by atoms with E-state index < -0.39 is 0 Å². The number of aliphatic hydroxyl groups is 1. The molecule has 0 aliphatic carbocycles. The van der Waals surface area contributed by atoms with E-state index in [4.69, 9.17) is 14.6 Å². The van der Waals surface area contributed by atoms with Crippen molar-refractivity contribution in [1.29, 1.82) is 0 Å². The largest absolute Gasteiger partial charge is 0.490 e. The first-order chi connectivity index (χ1) is 13.7. The fraction of sp³-hybridized carbons (Fsp3) is 0.409. The average Bonchev–Trinajstić information content (AvgIpc) is 2.75. The van der Waals surface area contributed by atoms with Crippen LogP contribution >= 0.6 is 0 Å². The Balaban J connectivity index is 1.56. The fourth-order valence-corrected chi connectivity index (χ4v) is 2.63. The molecule has 1 aromatic heterocycles. The van der Waals surface area contributed by atoms with Crippen molar-refractivity contribution in [2.75, 3.05) is 13.2 Å². The van der Waals surface area contributed by atoms with Crippen LogP contribution in [-0.4, -0.2) is 34.3 Å². The molecule has 150 valence electrons. The molecule has 0 amide bonds. The molecule has 0 fully saturated rings. The molecule has 0 unspecified atom stereocenters. The summed E-state index contributed by atoms with van der Waals surface area (Å²) in [5.41, 5.74) is 1.77. The Morgan fingerprint density at radius 3 is 2.18 bits per heavy atom. The summed E-state index contributed by atoms with van der Waals surface area (Å²) in [5.74, 6) is 0.948. The summed E-state index contributed by atoms with van der Waals surface area (Å²) in [6.07, 6.45) is 10.9. The lowest BCUT2D eigenvalue weighted by atomic mass is 10.1. The molecule has 2 aromatic rings. The molecule has 0 saturated carbocycles. The van der Waals surface area contributed by atoms with Gasteiger partial charge in [0.2, 0.25) is 0 Å². The summed E-state index contributed by atoms with van der Waals surface area (Å²) in [5, 5.41) is 9.08. The van der Waals surface area contributed by atoms with E-state index in [9.17, 15) is 4.79 Å². The van der Waals surface area contributed by atoms with Crippen molar-refractivity contribution in [3.8, 4) is 17.1 Å². The van der Waals surface area contributed by atoms with Crippen LogP contribution in [0.5, 0.6) is 5.75 Å². The van der Waals surface area contributed by atoms with Gasteiger partial charge in [-0.25, -0.2) is 14.8 Å². The highest BCUT2D eigenvalue weighted by atomic mass is 16.5. The Bertz CT molecular complexity index is 714. The first kappa shape index (κ1) is 21.6. The van der Waals surface area contributed by atoms with E-state index in [1.54, 1.807) is 12.4 Å². The highest BCUT2D eigenvalue weighted by Crippen LogP contribution is 2.17. The molecule has 0 aliphatic rings. The second-order valence-electron chi connectivity index (χ2n) is 6.44. The maximum Gasteiger partial charge on any atom is 0.330 e. The van der Waals surface area contributed by atoms with E-state index >= 15 is 0 Å². The van der Waals surface area contributed by atoms with Crippen LogP contribution in [0.4, 0.5) is 0 Å². The van der Waals surface area contributed by atoms with Gasteiger partial charge in [-0.05, 0) is 18.4 Å². The van der Waals surface area contributed by atoms with Crippen molar-refractivity contribution < 1.29 is 19.4 Å². The molecule has 6 heteroatoms. The number of carbonyl (C=O) groups is 1. The number of benzene rings is 1. The van der Waals surface area contributed by atoms with Gasteiger partial charge in [-0.1, -0.05) is 56.5 Å². The molecular weight excluding hydrogens is 356 g/mol. The third-order valence-corrected chi connectivity index (χ3v) is 4.24. The molecule has 28 heavy (non-hydrogen) atoms. The number of unbranched alkanes of at least 4 members (excludes halogenated alkanes) is 5. The third-order valence-electron chi connectivity index (χ3n) is 4.24. The van der Waals surface area contributed by atoms with Crippen LogP contribution < -0.4 is 4.74 Å². The maximum absolute atomic E-state index is 10.9. The van der Waals surface area contributed by atoms with E-state index in [-0.39, 0.29) is 12.6 Å². The smallest absolute Gasteiger partial charge is 0.330 e. The number of ether oxygens (including phenoxy) is 2. The van der Waals surface area contributed by atoms with Crippen molar-refractivity contribution in [3.05, 3.63) is 54.9 Å². The predicted molar refractivity (Wildman–Crippen MR) is 108 cm³/mol. The zero-order chi connectivity index (χ0) is 20.0. The molecule has 2 rings (SSSR count). The fourth-order valence-electron chi connectivity index (χ4n) is 2.63. The quantitative estimate of drug-likeness (QED) is 0.318. The monoisotopic (exact) mass is 384 g/mol. The highest BCUT2D eigenvalue weighted by molar-refractivity contribution is 5.81. The molecule has 1 heterocycles. The van der Waals surface area contributed by atoms with Gasteiger partial charge in [0.05, 0.1) is 32.2 Å². The zero-order valence-corrected chi connectivity index (χ0v) is 16.2. The number of aliphatic hydroxyl groups excluding tert-OH is 1. The minimum atomic E-state index is -0.353. The number of aromatic nitrogens is 2. The van der Waals surface area contributed by atoms with Crippen molar-refractivity contribution in [3.63, 3.8) is 0 Å². The zero-order valence-electron chi connectivity index (χ0n) is 16.2. The predicted octanol–water partition coefficient (Wildman–Crippen LogP) is 4.08. The summed E-state index contributed by atoms with van der Waals surface area (Å²) < 4.78 is 10.6.